The van der Waals surface area contributed by atoms with Gasteiger partial charge in [-0.15, -0.1) is 0 Å². The largest absolute Gasteiger partial charge is 0.306 e. The quantitative estimate of drug-likeness (QED) is 0.838. The van der Waals surface area contributed by atoms with Crippen molar-refractivity contribution in [1.82, 2.24) is 10.3 Å². The SMILES string of the molecule is O=C(c1cccc2ncccc12)C1CSCCN1. The van der Waals surface area contributed by atoms with Gasteiger partial charge in [0.25, 0.3) is 0 Å². The molecule has 1 N–H and O–H groups in total. The molecule has 18 heavy (non-hydrogen) atoms. The second-order valence-electron chi connectivity index (χ2n) is 4.32. The van der Waals surface area contributed by atoms with Crippen LogP contribution in [0.1, 0.15) is 10.4 Å². The van der Waals surface area contributed by atoms with Gasteiger partial charge in [-0.1, -0.05) is 18.2 Å². The summed E-state index contributed by atoms with van der Waals surface area (Å²) in [7, 11) is 0. The van der Waals surface area contributed by atoms with Crippen molar-refractivity contribution < 1.29 is 4.79 Å². The molecule has 1 aliphatic heterocycles. The molecule has 0 bridgehead atoms. The van der Waals surface area contributed by atoms with Gasteiger partial charge in [0.1, 0.15) is 0 Å². The first-order chi connectivity index (χ1) is 8.86. The van der Waals surface area contributed by atoms with Crippen LogP contribution in [0.2, 0.25) is 0 Å². The van der Waals surface area contributed by atoms with Crippen LogP contribution in [0.25, 0.3) is 10.9 Å². The Hall–Kier alpha value is -1.39. The van der Waals surface area contributed by atoms with E-state index in [1.54, 1.807) is 6.20 Å². The first-order valence-electron chi connectivity index (χ1n) is 6.05. The number of hydrogen-bond donors (Lipinski definition) is 1. The van der Waals surface area contributed by atoms with Crippen LogP contribution in [0.3, 0.4) is 0 Å². The predicted octanol–water partition coefficient (Wildman–Crippen LogP) is 2.12. The zero-order valence-electron chi connectivity index (χ0n) is 9.93. The van der Waals surface area contributed by atoms with E-state index in [-0.39, 0.29) is 11.8 Å². The van der Waals surface area contributed by atoms with Crippen LogP contribution >= 0.6 is 11.8 Å². The first-order valence-corrected chi connectivity index (χ1v) is 7.21. The van der Waals surface area contributed by atoms with Gasteiger partial charge in [-0.25, -0.2) is 0 Å². The molecule has 1 aromatic carbocycles. The molecule has 3 nitrogen and oxygen atoms in total. The molecule has 0 spiro atoms. The van der Waals surface area contributed by atoms with Crippen molar-refractivity contribution in [2.45, 2.75) is 6.04 Å². The summed E-state index contributed by atoms with van der Waals surface area (Å²) in [5.41, 5.74) is 1.66. The fraction of sp³-hybridized carbons (Fsp3) is 0.286. The molecule has 0 radical (unpaired) electrons. The van der Waals surface area contributed by atoms with Crippen LogP contribution in [0.15, 0.2) is 36.5 Å². The number of fused-ring (bicyclic) bond motifs is 1. The first kappa shape index (κ1) is 11.7. The average molecular weight is 258 g/mol. The highest BCUT2D eigenvalue weighted by Crippen LogP contribution is 2.20. The molecule has 92 valence electrons. The fourth-order valence-corrected chi connectivity index (χ4v) is 3.17. The third kappa shape index (κ3) is 2.13. The van der Waals surface area contributed by atoms with Crippen molar-refractivity contribution >= 4 is 28.4 Å². The number of thioether (sulfide) groups is 1. The number of Topliss-reactive ketones (excluding diaryl/α,β-unsaturated/α-hetero) is 1. The molecule has 2 heterocycles. The van der Waals surface area contributed by atoms with E-state index in [1.165, 1.54) is 0 Å². The number of carbonyl (C=O) groups excluding carboxylic acids is 1. The summed E-state index contributed by atoms with van der Waals surface area (Å²) < 4.78 is 0. The van der Waals surface area contributed by atoms with E-state index in [0.29, 0.717) is 0 Å². The van der Waals surface area contributed by atoms with Gasteiger partial charge in [-0.3, -0.25) is 9.78 Å². The van der Waals surface area contributed by atoms with Crippen molar-refractivity contribution in [2.75, 3.05) is 18.1 Å². The van der Waals surface area contributed by atoms with Crippen LogP contribution in [0.5, 0.6) is 0 Å². The number of nitrogens with one attached hydrogen (secondary N) is 1. The summed E-state index contributed by atoms with van der Waals surface area (Å²) in [5, 5.41) is 4.24. The highest BCUT2D eigenvalue weighted by molar-refractivity contribution is 7.99. The predicted molar refractivity (Wildman–Crippen MR) is 75.2 cm³/mol. The lowest BCUT2D eigenvalue weighted by molar-refractivity contribution is 0.0954. The summed E-state index contributed by atoms with van der Waals surface area (Å²) >= 11 is 1.83. The lowest BCUT2D eigenvalue weighted by Gasteiger charge is -2.22. The summed E-state index contributed by atoms with van der Waals surface area (Å²) in [5.74, 6) is 2.12. The second-order valence-corrected chi connectivity index (χ2v) is 5.47. The Morgan fingerprint density at radius 3 is 3.11 bits per heavy atom. The van der Waals surface area contributed by atoms with Gasteiger partial charge in [0.15, 0.2) is 5.78 Å². The number of pyridine rings is 1. The van der Waals surface area contributed by atoms with Crippen molar-refractivity contribution in [3.63, 3.8) is 0 Å². The normalized spacial score (nSPS) is 19.9. The van der Waals surface area contributed by atoms with E-state index in [2.05, 4.69) is 10.3 Å². The molecule has 0 aliphatic carbocycles. The van der Waals surface area contributed by atoms with Gasteiger partial charge >= 0.3 is 0 Å². The molecule has 1 saturated heterocycles. The number of ketones is 1. The number of benzene rings is 1. The lowest BCUT2D eigenvalue weighted by atomic mass is 10.0. The lowest BCUT2D eigenvalue weighted by Crippen LogP contribution is -2.43. The summed E-state index contributed by atoms with van der Waals surface area (Å²) in [6, 6.07) is 9.52. The fourth-order valence-electron chi connectivity index (χ4n) is 2.24. The Kier molecular flexibility index (Phi) is 3.30. The Morgan fingerprint density at radius 2 is 2.28 bits per heavy atom. The van der Waals surface area contributed by atoms with Crippen molar-refractivity contribution in [1.29, 1.82) is 0 Å². The Bertz CT molecular complexity index is 574. The summed E-state index contributed by atoms with van der Waals surface area (Å²) in [4.78, 5) is 16.8. The topological polar surface area (TPSA) is 42.0 Å². The molecule has 0 saturated carbocycles. The number of hydrogen-bond acceptors (Lipinski definition) is 4. The maximum atomic E-state index is 12.5. The molecule has 1 aromatic heterocycles. The van der Waals surface area contributed by atoms with Crippen LogP contribution in [-0.2, 0) is 0 Å². The van der Waals surface area contributed by atoms with Gasteiger partial charge in [0, 0.05) is 35.2 Å². The molecule has 1 fully saturated rings. The third-order valence-electron chi connectivity index (χ3n) is 3.15. The standard InChI is InChI=1S/C14H14N2OS/c17-14(13-9-18-8-7-16-13)11-3-1-5-12-10(11)4-2-6-15-12/h1-6,13,16H,7-9H2. The number of nitrogens with zero attached hydrogens (tertiary/aromatic N) is 1. The molecule has 1 aliphatic rings. The highest BCUT2D eigenvalue weighted by atomic mass is 32.2. The van der Waals surface area contributed by atoms with Gasteiger partial charge in [0.05, 0.1) is 11.6 Å². The van der Waals surface area contributed by atoms with Crippen molar-refractivity contribution in [2.24, 2.45) is 0 Å². The van der Waals surface area contributed by atoms with E-state index >= 15 is 0 Å². The molecule has 4 heteroatoms. The smallest absolute Gasteiger partial charge is 0.181 e. The minimum absolute atomic E-state index is 0.0606. The van der Waals surface area contributed by atoms with E-state index in [4.69, 9.17) is 0 Å². The molecule has 1 atom stereocenters. The van der Waals surface area contributed by atoms with E-state index in [9.17, 15) is 4.79 Å². The number of carbonyl (C=O) groups is 1. The molecule has 1 unspecified atom stereocenters. The van der Waals surface area contributed by atoms with Crippen LogP contribution in [0, 0.1) is 0 Å². The maximum absolute atomic E-state index is 12.5. The molecular weight excluding hydrogens is 244 g/mol. The Morgan fingerprint density at radius 1 is 1.33 bits per heavy atom. The maximum Gasteiger partial charge on any atom is 0.181 e. The zero-order chi connectivity index (χ0) is 12.4. The third-order valence-corrected chi connectivity index (χ3v) is 4.21. The van der Waals surface area contributed by atoms with Gasteiger partial charge < -0.3 is 5.32 Å². The molecule has 0 amide bonds. The average Bonchev–Trinajstić information content (AvgIpc) is 2.47. The summed E-state index contributed by atoms with van der Waals surface area (Å²) in [6.45, 7) is 0.907. The van der Waals surface area contributed by atoms with Crippen LogP contribution < -0.4 is 5.32 Å². The van der Waals surface area contributed by atoms with Gasteiger partial charge in [-0.05, 0) is 12.1 Å². The molecule has 2 aromatic rings. The second kappa shape index (κ2) is 5.08. The van der Waals surface area contributed by atoms with Gasteiger partial charge in [0.2, 0.25) is 0 Å². The number of aromatic nitrogens is 1. The van der Waals surface area contributed by atoms with E-state index in [0.717, 1.165) is 34.5 Å². The van der Waals surface area contributed by atoms with Crippen LogP contribution in [-0.4, -0.2) is 34.9 Å². The minimum Gasteiger partial charge on any atom is -0.306 e. The number of rotatable bonds is 2. The molecule has 3 rings (SSSR count). The monoisotopic (exact) mass is 258 g/mol. The van der Waals surface area contributed by atoms with E-state index < -0.39 is 0 Å². The van der Waals surface area contributed by atoms with Gasteiger partial charge in [-0.2, -0.15) is 11.8 Å². The highest BCUT2D eigenvalue weighted by Gasteiger charge is 2.23. The zero-order valence-corrected chi connectivity index (χ0v) is 10.7. The van der Waals surface area contributed by atoms with Crippen LogP contribution in [0.4, 0.5) is 0 Å². The summed E-state index contributed by atoms with van der Waals surface area (Å²) in [6.07, 6.45) is 1.76. The molecular formula is C14H14N2OS. The van der Waals surface area contributed by atoms with E-state index in [1.807, 2.05) is 42.1 Å². The Balaban J connectivity index is 2.00. The van der Waals surface area contributed by atoms with Crippen molar-refractivity contribution in [3.8, 4) is 0 Å². The van der Waals surface area contributed by atoms with Crippen molar-refractivity contribution in [3.05, 3.63) is 42.1 Å². The minimum atomic E-state index is -0.0606. The Labute approximate surface area is 110 Å².